The quantitative estimate of drug-likeness (QED) is 0.834. The van der Waals surface area contributed by atoms with E-state index >= 15 is 0 Å². The molecule has 1 saturated carbocycles. The molecule has 1 N–H and O–H groups in total. The molecule has 0 spiro atoms. The number of aryl methyl sites for hydroxylation is 1. The van der Waals surface area contributed by atoms with Crippen LogP contribution in [0, 0.1) is 6.92 Å². The van der Waals surface area contributed by atoms with Crippen molar-refractivity contribution in [1.82, 2.24) is 5.32 Å². The summed E-state index contributed by atoms with van der Waals surface area (Å²) in [6.45, 7) is 4.58. The first-order valence-electron chi connectivity index (χ1n) is 7.00. The van der Waals surface area contributed by atoms with Crippen LogP contribution in [0.15, 0.2) is 24.3 Å². The minimum absolute atomic E-state index is 0.491. The molecule has 1 atom stereocenters. The van der Waals surface area contributed by atoms with Crippen LogP contribution in [-0.2, 0) is 0 Å². The molecule has 0 saturated heterocycles. The van der Waals surface area contributed by atoms with Gasteiger partial charge in [-0.15, -0.1) is 11.3 Å². The lowest BCUT2D eigenvalue weighted by atomic mass is 10.1. The molecule has 1 unspecified atom stereocenters. The summed E-state index contributed by atoms with van der Waals surface area (Å²) in [5.74, 6) is 0. The Bertz CT molecular complexity index is 537. The van der Waals surface area contributed by atoms with Crippen LogP contribution in [0.1, 0.15) is 49.1 Å². The maximum atomic E-state index is 3.81. The minimum Gasteiger partial charge on any atom is -0.307 e. The van der Waals surface area contributed by atoms with Gasteiger partial charge >= 0.3 is 0 Å². The smallest absolute Gasteiger partial charge is 0.0391 e. The van der Waals surface area contributed by atoms with Crippen molar-refractivity contribution < 1.29 is 0 Å². The van der Waals surface area contributed by atoms with Crippen LogP contribution in [0.25, 0.3) is 10.1 Å². The Morgan fingerprint density at radius 3 is 2.67 bits per heavy atom. The predicted octanol–water partition coefficient (Wildman–Crippen LogP) is 4.80. The van der Waals surface area contributed by atoms with Crippen molar-refractivity contribution in [2.75, 3.05) is 0 Å². The maximum absolute atomic E-state index is 3.81. The third kappa shape index (κ3) is 2.19. The monoisotopic (exact) mass is 259 g/mol. The normalized spacial score (nSPS) is 18.6. The first-order chi connectivity index (χ1) is 8.75. The van der Waals surface area contributed by atoms with Crippen molar-refractivity contribution in [3.63, 3.8) is 0 Å². The highest BCUT2D eigenvalue weighted by Crippen LogP contribution is 2.35. The fourth-order valence-corrected chi connectivity index (χ4v) is 4.35. The summed E-state index contributed by atoms with van der Waals surface area (Å²) in [7, 11) is 0. The van der Waals surface area contributed by atoms with Crippen molar-refractivity contribution in [2.24, 2.45) is 0 Å². The fraction of sp³-hybridized carbons (Fsp3) is 0.500. The molecule has 1 nitrogen and oxygen atoms in total. The number of benzene rings is 1. The first kappa shape index (κ1) is 12.2. The van der Waals surface area contributed by atoms with Gasteiger partial charge < -0.3 is 5.32 Å². The van der Waals surface area contributed by atoms with E-state index in [1.807, 2.05) is 11.3 Å². The van der Waals surface area contributed by atoms with Crippen LogP contribution in [0.5, 0.6) is 0 Å². The Kier molecular flexibility index (Phi) is 3.40. The van der Waals surface area contributed by atoms with Crippen LogP contribution < -0.4 is 5.32 Å². The summed E-state index contributed by atoms with van der Waals surface area (Å²) in [4.78, 5) is 1.52. The summed E-state index contributed by atoms with van der Waals surface area (Å²) in [6, 6.07) is 9.99. The lowest BCUT2D eigenvalue weighted by molar-refractivity contribution is 0.465. The molecule has 0 amide bonds. The highest BCUT2D eigenvalue weighted by molar-refractivity contribution is 7.19. The van der Waals surface area contributed by atoms with Gasteiger partial charge in [0, 0.05) is 21.7 Å². The second-order valence-corrected chi connectivity index (χ2v) is 6.54. The Labute approximate surface area is 113 Å². The van der Waals surface area contributed by atoms with E-state index in [-0.39, 0.29) is 0 Å². The molecule has 1 aromatic carbocycles. The number of hydrogen-bond acceptors (Lipinski definition) is 2. The molecule has 1 aromatic heterocycles. The first-order valence-corrected chi connectivity index (χ1v) is 7.81. The van der Waals surface area contributed by atoms with Gasteiger partial charge in [0.15, 0.2) is 0 Å². The molecule has 1 aliphatic rings. The minimum atomic E-state index is 0.491. The zero-order valence-electron chi connectivity index (χ0n) is 11.2. The zero-order valence-corrected chi connectivity index (χ0v) is 12.0. The van der Waals surface area contributed by atoms with Gasteiger partial charge in [0.25, 0.3) is 0 Å². The Hall–Kier alpha value is -0.860. The van der Waals surface area contributed by atoms with E-state index in [9.17, 15) is 0 Å². The molecule has 0 aliphatic heterocycles. The second kappa shape index (κ2) is 5.02. The zero-order chi connectivity index (χ0) is 12.5. The predicted molar refractivity (Wildman–Crippen MR) is 80.4 cm³/mol. The van der Waals surface area contributed by atoms with Gasteiger partial charge in [0.05, 0.1) is 0 Å². The molecule has 3 rings (SSSR count). The van der Waals surface area contributed by atoms with Crippen molar-refractivity contribution in [2.45, 2.75) is 51.6 Å². The summed E-state index contributed by atoms with van der Waals surface area (Å²) < 4.78 is 1.42. The largest absolute Gasteiger partial charge is 0.307 e. The molecule has 2 heteroatoms. The van der Waals surface area contributed by atoms with E-state index in [2.05, 4.69) is 43.4 Å². The van der Waals surface area contributed by atoms with Gasteiger partial charge in [-0.1, -0.05) is 31.0 Å². The van der Waals surface area contributed by atoms with Crippen LogP contribution >= 0.6 is 11.3 Å². The summed E-state index contributed by atoms with van der Waals surface area (Å²) in [6.07, 6.45) is 5.51. The number of rotatable bonds is 3. The van der Waals surface area contributed by atoms with Crippen molar-refractivity contribution in [3.8, 4) is 0 Å². The standard InChI is InChI=1S/C16H21NS/c1-11-14-9-5-6-10-15(14)18-16(11)12(2)17-13-7-3-4-8-13/h5-6,9-10,12-13,17H,3-4,7-8H2,1-2H3. The van der Waals surface area contributed by atoms with Crippen LogP contribution in [0.4, 0.5) is 0 Å². The molecule has 0 bridgehead atoms. The Balaban J connectivity index is 1.86. The summed E-state index contributed by atoms with van der Waals surface area (Å²) in [5, 5.41) is 5.24. The van der Waals surface area contributed by atoms with Crippen LogP contribution in [0.2, 0.25) is 0 Å². The van der Waals surface area contributed by atoms with Gasteiger partial charge in [-0.3, -0.25) is 0 Å². The number of thiophene rings is 1. The number of nitrogens with one attached hydrogen (secondary N) is 1. The van der Waals surface area contributed by atoms with Gasteiger partial charge in [-0.2, -0.15) is 0 Å². The maximum Gasteiger partial charge on any atom is 0.0391 e. The molecule has 1 heterocycles. The Morgan fingerprint density at radius 1 is 1.22 bits per heavy atom. The highest BCUT2D eigenvalue weighted by atomic mass is 32.1. The van der Waals surface area contributed by atoms with E-state index in [4.69, 9.17) is 0 Å². The molecule has 1 aliphatic carbocycles. The Morgan fingerprint density at radius 2 is 1.94 bits per heavy atom. The summed E-state index contributed by atoms with van der Waals surface area (Å²) in [5.41, 5.74) is 1.47. The fourth-order valence-electron chi connectivity index (χ4n) is 3.13. The number of fused-ring (bicyclic) bond motifs is 1. The van der Waals surface area contributed by atoms with Gasteiger partial charge in [-0.05, 0) is 43.7 Å². The SMILES string of the molecule is Cc1c(C(C)NC2CCCC2)sc2ccccc12. The number of hydrogen-bond donors (Lipinski definition) is 1. The third-order valence-corrected chi connectivity index (χ3v) is 5.57. The van der Waals surface area contributed by atoms with E-state index in [1.165, 1.54) is 46.2 Å². The van der Waals surface area contributed by atoms with E-state index in [0.29, 0.717) is 6.04 Å². The van der Waals surface area contributed by atoms with Crippen molar-refractivity contribution in [1.29, 1.82) is 0 Å². The molecule has 1 fully saturated rings. The lowest BCUT2D eigenvalue weighted by Gasteiger charge is -2.18. The van der Waals surface area contributed by atoms with Gasteiger partial charge in [-0.25, -0.2) is 0 Å². The van der Waals surface area contributed by atoms with E-state index in [1.54, 1.807) is 0 Å². The molecular weight excluding hydrogens is 238 g/mol. The van der Waals surface area contributed by atoms with Gasteiger partial charge in [0.2, 0.25) is 0 Å². The lowest BCUT2D eigenvalue weighted by Crippen LogP contribution is -2.28. The molecule has 2 aromatic rings. The third-order valence-electron chi connectivity index (χ3n) is 4.11. The molecule has 0 radical (unpaired) electrons. The van der Waals surface area contributed by atoms with Crippen molar-refractivity contribution in [3.05, 3.63) is 34.7 Å². The molecule has 18 heavy (non-hydrogen) atoms. The second-order valence-electron chi connectivity index (χ2n) is 5.46. The molecular formula is C16H21NS. The highest BCUT2D eigenvalue weighted by Gasteiger charge is 2.20. The van der Waals surface area contributed by atoms with E-state index < -0.39 is 0 Å². The average Bonchev–Trinajstić information content (AvgIpc) is 2.98. The van der Waals surface area contributed by atoms with Crippen molar-refractivity contribution >= 4 is 21.4 Å². The van der Waals surface area contributed by atoms with Crippen LogP contribution in [-0.4, -0.2) is 6.04 Å². The summed E-state index contributed by atoms with van der Waals surface area (Å²) >= 11 is 1.95. The topological polar surface area (TPSA) is 12.0 Å². The van der Waals surface area contributed by atoms with Gasteiger partial charge in [0.1, 0.15) is 0 Å². The molecule has 96 valence electrons. The van der Waals surface area contributed by atoms with Crippen LogP contribution in [0.3, 0.4) is 0 Å². The average molecular weight is 259 g/mol. The van der Waals surface area contributed by atoms with E-state index in [0.717, 1.165) is 6.04 Å².